The maximum Gasteiger partial charge on any atom is 0.394 e. The molecule has 5 heteroatoms. The number of nitrogens with one attached hydrogen (secondary N) is 1. The zero-order valence-corrected chi connectivity index (χ0v) is 16.3. The maximum atomic E-state index is 5.88. The van der Waals surface area contributed by atoms with Crippen molar-refractivity contribution in [2.75, 3.05) is 6.79 Å². The van der Waals surface area contributed by atoms with Gasteiger partial charge < -0.3 is 19.4 Å². The number of para-hydroxylation sites is 1. The van der Waals surface area contributed by atoms with E-state index in [1.165, 1.54) is 19.3 Å². The third-order valence-corrected chi connectivity index (χ3v) is 5.16. The Morgan fingerprint density at radius 1 is 1.19 bits per heavy atom. The van der Waals surface area contributed by atoms with Crippen molar-refractivity contribution in [2.45, 2.75) is 51.4 Å². The molecule has 2 aliphatic rings. The zero-order valence-electron chi connectivity index (χ0n) is 16.3. The van der Waals surface area contributed by atoms with Crippen LogP contribution < -0.4 is 9.97 Å². The fourth-order valence-electron chi connectivity index (χ4n) is 3.74. The first-order chi connectivity index (χ1) is 13.0. The largest absolute Gasteiger partial charge is 0.560 e. The Kier molecular flexibility index (Phi) is 6.54. The van der Waals surface area contributed by atoms with E-state index in [-0.39, 0.29) is 12.7 Å². The number of hydrogen-bond acceptors (Lipinski definition) is 4. The molecule has 27 heavy (non-hydrogen) atoms. The average Bonchev–Trinajstić information content (AvgIpc) is 2.67. The van der Waals surface area contributed by atoms with E-state index in [0.29, 0.717) is 11.7 Å². The molecule has 0 amide bonds. The van der Waals surface area contributed by atoms with Gasteiger partial charge in [0.25, 0.3) is 0 Å². The monoisotopic (exact) mass is 366 g/mol. The van der Waals surface area contributed by atoms with Gasteiger partial charge in [0, 0.05) is 11.9 Å². The second-order valence-electron chi connectivity index (χ2n) is 7.41. The predicted molar refractivity (Wildman–Crippen MR) is 110 cm³/mol. The van der Waals surface area contributed by atoms with E-state index in [1.54, 1.807) is 7.48 Å². The summed E-state index contributed by atoms with van der Waals surface area (Å²) in [6.45, 7) is 14.1. The van der Waals surface area contributed by atoms with Crippen LogP contribution in [-0.4, -0.2) is 20.2 Å². The highest BCUT2D eigenvalue weighted by Crippen LogP contribution is 2.33. The van der Waals surface area contributed by atoms with Gasteiger partial charge in [-0.2, -0.15) is 0 Å². The van der Waals surface area contributed by atoms with Gasteiger partial charge in [-0.05, 0) is 43.5 Å². The van der Waals surface area contributed by atoms with E-state index in [0.717, 1.165) is 47.6 Å². The summed E-state index contributed by atoms with van der Waals surface area (Å²) in [7, 11) is 1.80. The number of ether oxygens (including phenoxy) is 2. The Morgan fingerprint density at radius 3 is 2.70 bits per heavy atom. The number of rotatable bonds is 8. The van der Waals surface area contributed by atoms with Gasteiger partial charge in [0.05, 0.1) is 11.3 Å². The third kappa shape index (κ3) is 5.12. The lowest BCUT2D eigenvalue weighted by Crippen LogP contribution is -2.41. The fraction of sp³-hybridized carbons (Fsp3) is 0.455. The molecule has 0 aromatic heterocycles. The van der Waals surface area contributed by atoms with E-state index >= 15 is 0 Å². The van der Waals surface area contributed by atoms with Crippen LogP contribution in [0.2, 0.25) is 0 Å². The predicted octanol–water partition coefficient (Wildman–Crippen LogP) is 4.75. The van der Waals surface area contributed by atoms with Crippen molar-refractivity contribution < 1.29 is 14.1 Å². The molecule has 1 N–H and O–H groups in total. The first-order valence-electron chi connectivity index (χ1n) is 9.72. The Bertz CT molecular complexity index is 710. The standard InChI is InChI=1S/C22H29BNO3/c1-15(2)24-21-13-19-11-8-12-20(22(19)27-23-21)17(4)26-14-25-16(3)18-9-6-5-7-10-18/h8,11-12,18,21,24H,1,3-7,9-10,13-14H2,2H3. The molecule has 1 aliphatic heterocycles. The SMILES string of the molecule is C=C(C)NC1[B]Oc2c(cccc2C(=C)OCOC(=C)C2CCCCC2)C1. The lowest BCUT2D eigenvalue weighted by molar-refractivity contribution is 0.0247. The molecule has 0 spiro atoms. The lowest BCUT2D eigenvalue weighted by Gasteiger charge is -2.28. The highest BCUT2D eigenvalue weighted by atomic mass is 16.7. The first kappa shape index (κ1) is 19.5. The van der Waals surface area contributed by atoms with E-state index in [1.807, 2.05) is 19.1 Å². The van der Waals surface area contributed by atoms with Crippen molar-refractivity contribution >= 4 is 13.2 Å². The third-order valence-electron chi connectivity index (χ3n) is 5.16. The van der Waals surface area contributed by atoms with Gasteiger partial charge in [-0.1, -0.05) is 51.1 Å². The maximum absolute atomic E-state index is 5.88. The molecule has 1 aromatic rings. The van der Waals surface area contributed by atoms with E-state index in [9.17, 15) is 0 Å². The molecule has 1 atom stereocenters. The minimum Gasteiger partial charge on any atom is -0.560 e. The Morgan fingerprint density at radius 2 is 1.96 bits per heavy atom. The van der Waals surface area contributed by atoms with Crippen LogP contribution in [0, 0.1) is 5.92 Å². The van der Waals surface area contributed by atoms with Crippen molar-refractivity contribution in [3.8, 4) is 5.75 Å². The summed E-state index contributed by atoms with van der Waals surface area (Å²) in [6, 6.07) is 6.02. The molecule has 0 bridgehead atoms. The highest BCUT2D eigenvalue weighted by molar-refractivity contribution is 6.31. The van der Waals surface area contributed by atoms with Crippen LogP contribution in [0.5, 0.6) is 5.75 Å². The van der Waals surface area contributed by atoms with Crippen LogP contribution in [0.4, 0.5) is 0 Å². The Balaban J connectivity index is 1.54. The van der Waals surface area contributed by atoms with Crippen molar-refractivity contribution in [1.82, 2.24) is 5.32 Å². The molecule has 3 rings (SSSR count). The molecule has 143 valence electrons. The van der Waals surface area contributed by atoms with E-state index in [4.69, 9.17) is 14.1 Å². The van der Waals surface area contributed by atoms with Crippen molar-refractivity contribution in [1.29, 1.82) is 0 Å². The summed E-state index contributed by atoms with van der Waals surface area (Å²) in [4.78, 5) is 0. The minimum absolute atomic E-state index is 0.113. The van der Waals surface area contributed by atoms with Crippen LogP contribution >= 0.6 is 0 Å². The summed E-state index contributed by atoms with van der Waals surface area (Å²) in [5, 5.41) is 3.29. The van der Waals surface area contributed by atoms with Gasteiger partial charge in [0.15, 0.2) is 0 Å². The van der Waals surface area contributed by atoms with Crippen LogP contribution in [0.25, 0.3) is 5.76 Å². The summed E-state index contributed by atoms with van der Waals surface area (Å²) < 4.78 is 17.4. The van der Waals surface area contributed by atoms with Crippen LogP contribution in [0.1, 0.15) is 50.2 Å². The molecule has 1 saturated carbocycles. The summed E-state index contributed by atoms with van der Waals surface area (Å²) in [5.74, 6) is 2.74. The lowest BCUT2D eigenvalue weighted by atomic mass is 9.79. The average molecular weight is 366 g/mol. The van der Waals surface area contributed by atoms with Gasteiger partial charge in [-0.15, -0.1) is 0 Å². The highest BCUT2D eigenvalue weighted by Gasteiger charge is 2.25. The molecule has 1 radical (unpaired) electrons. The van der Waals surface area contributed by atoms with Crippen LogP contribution in [-0.2, 0) is 15.9 Å². The summed E-state index contributed by atoms with van der Waals surface area (Å²) >= 11 is 0. The molecule has 1 heterocycles. The Hall–Kier alpha value is -2.30. The zero-order chi connectivity index (χ0) is 19.2. The normalized spacial score (nSPS) is 19.1. The first-order valence-corrected chi connectivity index (χ1v) is 9.72. The van der Waals surface area contributed by atoms with Gasteiger partial charge in [-0.25, -0.2) is 0 Å². The molecular weight excluding hydrogens is 337 g/mol. The second kappa shape index (κ2) is 9.07. The van der Waals surface area contributed by atoms with Gasteiger partial charge >= 0.3 is 7.48 Å². The van der Waals surface area contributed by atoms with Crippen molar-refractivity contribution in [3.05, 3.63) is 60.5 Å². The molecule has 1 aromatic carbocycles. The molecule has 1 fully saturated rings. The van der Waals surface area contributed by atoms with E-state index < -0.39 is 0 Å². The quantitative estimate of drug-likeness (QED) is 0.410. The number of hydrogen-bond donors (Lipinski definition) is 1. The fourth-order valence-corrected chi connectivity index (χ4v) is 3.74. The number of allylic oxidation sites excluding steroid dienone is 2. The number of benzene rings is 1. The molecule has 1 aliphatic carbocycles. The Labute approximate surface area is 163 Å². The molecular formula is C22H29BNO3. The summed E-state index contributed by atoms with van der Waals surface area (Å²) in [6.07, 6.45) is 6.98. The minimum atomic E-state index is 0.113. The smallest absolute Gasteiger partial charge is 0.394 e. The summed E-state index contributed by atoms with van der Waals surface area (Å²) in [5.41, 5.74) is 2.89. The topological polar surface area (TPSA) is 39.7 Å². The van der Waals surface area contributed by atoms with Crippen LogP contribution in [0.3, 0.4) is 0 Å². The van der Waals surface area contributed by atoms with Crippen molar-refractivity contribution in [3.63, 3.8) is 0 Å². The van der Waals surface area contributed by atoms with Gasteiger partial charge in [0.1, 0.15) is 11.5 Å². The van der Waals surface area contributed by atoms with E-state index in [2.05, 4.69) is 31.1 Å². The van der Waals surface area contributed by atoms with Crippen LogP contribution in [0.15, 0.2) is 49.4 Å². The number of fused-ring (bicyclic) bond motifs is 1. The molecule has 4 nitrogen and oxygen atoms in total. The van der Waals surface area contributed by atoms with Gasteiger partial charge in [0.2, 0.25) is 6.79 Å². The molecule has 1 unspecified atom stereocenters. The second-order valence-corrected chi connectivity index (χ2v) is 7.41. The van der Waals surface area contributed by atoms with Crippen molar-refractivity contribution in [2.24, 2.45) is 5.92 Å². The molecule has 0 saturated heterocycles. The van der Waals surface area contributed by atoms with Gasteiger partial charge in [-0.3, -0.25) is 0 Å².